The molecule has 2 heterocycles. The Balaban J connectivity index is 0.000000206. The second kappa shape index (κ2) is 13.0. The number of rotatable bonds is 6. The first-order valence-electron chi connectivity index (χ1n) is 10.9. The number of aromatic nitrogens is 2. The third kappa shape index (κ3) is 7.51. The second-order valence-corrected chi connectivity index (χ2v) is 8.05. The van der Waals surface area contributed by atoms with Gasteiger partial charge in [0.15, 0.2) is 6.29 Å². The van der Waals surface area contributed by atoms with Crippen LogP contribution in [0.15, 0.2) is 18.5 Å². The Hall–Kier alpha value is -2.62. The van der Waals surface area contributed by atoms with Gasteiger partial charge >= 0.3 is 6.03 Å². The number of halogens is 3. The summed E-state index contributed by atoms with van der Waals surface area (Å²) < 4.78 is 31.8. The Kier molecular flexibility index (Phi) is 10.5. The monoisotopic (exact) mass is 455 g/mol. The van der Waals surface area contributed by atoms with Crippen molar-refractivity contribution in [2.75, 3.05) is 32.5 Å². The number of pyridine rings is 1. The van der Waals surface area contributed by atoms with Crippen molar-refractivity contribution >= 4 is 29.0 Å². The number of hydrogen-bond acceptors (Lipinski definition) is 4. The van der Waals surface area contributed by atoms with Gasteiger partial charge in [-0.15, -0.1) is 0 Å². The highest BCUT2D eigenvalue weighted by atomic mass is 19.3. The molecule has 0 saturated heterocycles. The largest absolute Gasteiger partial charge is 0.346 e. The van der Waals surface area contributed by atoms with Crippen molar-refractivity contribution in [3.05, 3.63) is 24.0 Å². The number of anilines is 1. The summed E-state index contributed by atoms with van der Waals surface area (Å²) in [7, 11) is 1.51. The lowest BCUT2D eigenvalue weighted by Gasteiger charge is -2.24. The Morgan fingerprint density at radius 2 is 1.94 bits per heavy atom. The number of urea groups is 1. The molecule has 2 saturated carbocycles. The smallest absolute Gasteiger partial charge is 0.319 e. The number of alkyl halides is 3. The molecular weight excluding hydrogens is 423 g/mol. The highest BCUT2D eigenvalue weighted by molar-refractivity contribution is 6.05. The van der Waals surface area contributed by atoms with Crippen LogP contribution in [0.2, 0.25) is 0 Å². The average molecular weight is 456 g/mol. The molecule has 2 aromatic rings. The van der Waals surface area contributed by atoms with E-state index >= 15 is 0 Å². The van der Waals surface area contributed by atoms with Gasteiger partial charge in [0, 0.05) is 30.4 Å². The number of nitrogens with zero attached hydrogens (tertiary/aromatic N) is 1. The lowest BCUT2D eigenvalue weighted by molar-refractivity contribution is 0.112. The summed E-state index contributed by atoms with van der Waals surface area (Å²) >= 11 is 0. The third-order valence-electron chi connectivity index (χ3n) is 5.81. The summed E-state index contributed by atoms with van der Waals surface area (Å²) in [5, 5.41) is 9.14. The van der Waals surface area contributed by atoms with Crippen LogP contribution in [-0.4, -0.2) is 55.0 Å². The maximum absolute atomic E-state index is 12.5. The molecule has 2 amide bonds. The van der Waals surface area contributed by atoms with Crippen molar-refractivity contribution < 1.29 is 22.8 Å². The van der Waals surface area contributed by atoms with Crippen molar-refractivity contribution in [2.24, 2.45) is 5.92 Å². The minimum Gasteiger partial charge on any atom is -0.346 e. The Morgan fingerprint density at radius 1 is 1.25 bits per heavy atom. The standard InChI is InChI=1S/C11H20FN.C10H10N4O2.CH2F2/c12-9-11(6-7-11)13-8-10-4-2-1-3-5-10;1-11-10(16)14-8-6(5-15)4-13-9-7(8)2-3-12-9;2-1-3/h10,13H,1-9H2;2-5H,1H3,(H3,11,12,13,14,16);1H2. The highest BCUT2D eigenvalue weighted by Gasteiger charge is 2.42. The van der Waals surface area contributed by atoms with E-state index in [1.54, 1.807) is 12.3 Å². The second-order valence-electron chi connectivity index (χ2n) is 8.05. The van der Waals surface area contributed by atoms with Gasteiger partial charge in [0.25, 0.3) is 0 Å². The van der Waals surface area contributed by atoms with Crippen LogP contribution >= 0.6 is 0 Å². The SMILES string of the molecule is CNC(=O)Nc1c(C=O)cnc2[nH]ccc12.FCC1(NCC2CCCCC2)CC1.FCF. The quantitative estimate of drug-likeness (QED) is 0.476. The molecule has 178 valence electrons. The topological polar surface area (TPSA) is 98.9 Å². The van der Waals surface area contributed by atoms with E-state index in [0.717, 1.165) is 25.3 Å². The Morgan fingerprint density at radius 3 is 2.50 bits per heavy atom. The number of hydrogen-bond donors (Lipinski definition) is 4. The molecule has 0 aromatic carbocycles. The molecule has 0 bridgehead atoms. The van der Waals surface area contributed by atoms with E-state index in [0.29, 0.717) is 28.6 Å². The van der Waals surface area contributed by atoms with Crippen molar-refractivity contribution in [3.63, 3.8) is 0 Å². The van der Waals surface area contributed by atoms with Crippen molar-refractivity contribution in [1.82, 2.24) is 20.6 Å². The molecule has 2 aliphatic carbocycles. The van der Waals surface area contributed by atoms with E-state index < -0.39 is 6.93 Å². The van der Waals surface area contributed by atoms with Crippen LogP contribution in [0.25, 0.3) is 11.0 Å². The summed E-state index contributed by atoms with van der Waals surface area (Å²) in [6, 6.07) is 1.37. The van der Waals surface area contributed by atoms with Crippen LogP contribution in [0.1, 0.15) is 55.3 Å². The zero-order valence-corrected chi connectivity index (χ0v) is 18.4. The van der Waals surface area contributed by atoms with Crippen molar-refractivity contribution in [1.29, 1.82) is 0 Å². The normalized spacial score (nSPS) is 16.8. The highest BCUT2D eigenvalue weighted by Crippen LogP contribution is 2.36. The first kappa shape index (κ1) is 25.6. The summed E-state index contributed by atoms with van der Waals surface area (Å²) in [6.45, 7) is -0.858. The van der Waals surface area contributed by atoms with Crippen molar-refractivity contribution in [2.45, 2.75) is 50.5 Å². The van der Waals surface area contributed by atoms with Crippen LogP contribution in [0.4, 0.5) is 23.7 Å². The molecule has 0 atom stereocenters. The predicted octanol–water partition coefficient (Wildman–Crippen LogP) is 4.67. The predicted molar refractivity (Wildman–Crippen MR) is 119 cm³/mol. The van der Waals surface area contributed by atoms with Gasteiger partial charge in [0.2, 0.25) is 6.93 Å². The van der Waals surface area contributed by atoms with E-state index in [2.05, 4.69) is 25.9 Å². The molecule has 4 N–H and O–H groups in total. The average Bonchev–Trinajstić information content (AvgIpc) is 3.45. The number of nitrogens with one attached hydrogen (secondary N) is 4. The lowest BCUT2D eigenvalue weighted by Crippen LogP contribution is -2.37. The molecule has 32 heavy (non-hydrogen) atoms. The molecule has 2 aromatic heterocycles. The number of fused-ring (bicyclic) bond motifs is 1. The Bertz CT molecular complexity index is 851. The fourth-order valence-corrected chi connectivity index (χ4v) is 3.69. The van der Waals surface area contributed by atoms with Gasteiger partial charge in [-0.3, -0.25) is 4.79 Å². The summed E-state index contributed by atoms with van der Waals surface area (Å²) in [6.07, 6.45) is 12.8. The fraction of sp³-hybridized carbons (Fsp3) is 0.591. The zero-order chi connectivity index (χ0) is 23.4. The van der Waals surface area contributed by atoms with E-state index in [1.165, 1.54) is 45.3 Å². The number of aromatic amines is 1. The van der Waals surface area contributed by atoms with E-state index in [9.17, 15) is 22.8 Å². The van der Waals surface area contributed by atoms with Gasteiger partial charge in [-0.2, -0.15) is 0 Å². The molecule has 10 heteroatoms. The summed E-state index contributed by atoms with van der Waals surface area (Å²) in [5.41, 5.74) is 1.35. The molecule has 0 aliphatic heterocycles. The molecule has 0 unspecified atom stereocenters. The van der Waals surface area contributed by atoms with Crippen LogP contribution in [0, 0.1) is 5.92 Å². The Labute approximate surface area is 185 Å². The molecule has 7 nitrogen and oxygen atoms in total. The zero-order valence-electron chi connectivity index (χ0n) is 18.4. The van der Waals surface area contributed by atoms with E-state index in [1.807, 2.05) is 0 Å². The minimum atomic E-state index is -1.75. The third-order valence-corrected chi connectivity index (χ3v) is 5.81. The lowest BCUT2D eigenvalue weighted by atomic mass is 9.89. The van der Waals surface area contributed by atoms with Crippen LogP contribution < -0.4 is 16.0 Å². The van der Waals surface area contributed by atoms with Crippen LogP contribution in [-0.2, 0) is 0 Å². The fourth-order valence-electron chi connectivity index (χ4n) is 3.69. The number of aldehydes is 1. The first-order chi connectivity index (χ1) is 15.5. The first-order valence-corrected chi connectivity index (χ1v) is 10.9. The van der Waals surface area contributed by atoms with E-state index in [-0.39, 0.29) is 18.2 Å². The molecule has 0 spiro atoms. The van der Waals surface area contributed by atoms with E-state index in [4.69, 9.17) is 0 Å². The minimum absolute atomic E-state index is 0.0720. The van der Waals surface area contributed by atoms with Crippen LogP contribution in [0.5, 0.6) is 0 Å². The molecule has 0 radical (unpaired) electrons. The van der Waals surface area contributed by atoms with Gasteiger partial charge < -0.3 is 20.9 Å². The maximum Gasteiger partial charge on any atom is 0.319 e. The maximum atomic E-state index is 12.5. The molecule has 4 rings (SSSR count). The number of carbonyl (C=O) groups is 2. The van der Waals surface area contributed by atoms with Gasteiger partial charge in [-0.25, -0.2) is 22.9 Å². The number of carbonyl (C=O) groups excluding carboxylic acids is 2. The van der Waals surface area contributed by atoms with Crippen LogP contribution in [0.3, 0.4) is 0 Å². The van der Waals surface area contributed by atoms with Crippen molar-refractivity contribution in [3.8, 4) is 0 Å². The molecule has 2 aliphatic rings. The van der Waals surface area contributed by atoms with Gasteiger partial charge in [0.1, 0.15) is 12.3 Å². The van der Waals surface area contributed by atoms with Gasteiger partial charge in [-0.05, 0) is 44.2 Å². The van der Waals surface area contributed by atoms with Gasteiger partial charge in [0.05, 0.1) is 11.3 Å². The molecule has 2 fully saturated rings. The van der Waals surface area contributed by atoms with Gasteiger partial charge in [-0.1, -0.05) is 19.3 Å². The number of H-pyrrole nitrogens is 1. The molecular formula is C22H32F3N5O2. The number of amides is 2. The summed E-state index contributed by atoms with van der Waals surface area (Å²) in [4.78, 5) is 29.0. The summed E-state index contributed by atoms with van der Waals surface area (Å²) in [5.74, 6) is 0.831.